The number of nitrogens with one attached hydrogen (secondary N) is 2. The van der Waals surface area contributed by atoms with Crippen molar-refractivity contribution < 1.29 is 14.3 Å². The van der Waals surface area contributed by atoms with Crippen LogP contribution in [0.5, 0.6) is 0 Å². The molecule has 0 radical (unpaired) electrons. The fourth-order valence-corrected chi connectivity index (χ4v) is 3.15. The lowest BCUT2D eigenvalue weighted by atomic mass is 9.87. The Balaban J connectivity index is 1.80. The number of alkyl carbamates (subject to hydrolysis) is 1. The molecule has 24 heavy (non-hydrogen) atoms. The third-order valence-electron chi connectivity index (χ3n) is 4.30. The molecule has 2 rings (SSSR count). The predicted octanol–water partition coefficient (Wildman–Crippen LogP) is 1.59. The summed E-state index contributed by atoms with van der Waals surface area (Å²) in [5.74, 6) is 0.923. The number of aliphatic imine (C=N–C) groups is 1. The van der Waals surface area contributed by atoms with Gasteiger partial charge in [-0.1, -0.05) is 0 Å². The Kier molecular flexibility index (Phi) is 6.32. The summed E-state index contributed by atoms with van der Waals surface area (Å²) in [7, 11) is 0. The maximum atomic E-state index is 11.6. The van der Waals surface area contributed by atoms with E-state index in [-0.39, 0.29) is 0 Å². The second kappa shape index (κ2) is 8.05. The van der Waals surface area contributed by atoms with Gasteiger partial charge >= 0.3 is 6.09 Å². The third kappa shape index (κ3) is 5.54. The largest absolute Gasteiger partial charge is 0.444 e. The highest BCUT2D eigenvalue weighted by Gasteiger charge is 2.42. The van der Waals surface area contributed by atoms with E-state index in [0.717, 1.165) is 51.6 Å². The minimum absolute atomic E-state index is 0.310. The summed E-state index contributed by atoms with van der Waals surface area (Å²) in [6.45, 7) is 13.2. The molecule has 2 aliphatic rings. The van der Waals surface area contributed by atoms with E-state index in [0.29, 0.717) is 18.5 Å². The van der Waals surface area contributed by atoms with Gasteiger partial charge in [-0.15, -0.1) is 0 Å². The van der Waals surface area contributed by atoms with Gasteiger partial charge in [-0.25, -0.2) is 4.79 Å². The van der Waals surface area contributed by atoms with Gasteiger partial charge in [0.15, 0.2) is 5.96 Å². The average Bonchev–Trinajstić information content (AvgIpc) is 3.11. The molecule has 0 aromatic rings. The van der Waals surface area contributed by atoms with Crippen LogP contribution in [0.2, 0.25) is 0 Å². The third-order valence-corrected chi connectivity index (χ3v) is 4.30. The fraction of sp³-hybridized carbons (Fsp3) is 0.882. The van der Waals surface area contributed by atoms with Crippen molar-refractivity contribution in [2.75, 3.05) is 45.9 Å². The predicted molar refractivity (Wildman–Crippen MR) is 94.3 cm³/mol. The molecule has 0 aromatic heterocycles. The average molecular weight is 340 g/mol. The maximum Gasteiger partial charge on any atom is 0.407 e. The first-order valence-electron chi connectivity index (χ1n) is 8.91. The molecule has 2 fully saturated rings. The number of carbonyl (C=O) groups excluding carboxylic acids is 1. The summed E-state index contributed by atoms with van der Waals surface area (Å²) in [4.78, 5) is 18.6. The number of carbonyl (C=O) groups is 1. The van der Waals surface area contributed by atoms with Crippen molar-refractivity contribution >= 4 is 12.1 Å². The van der Waals surface area contributed by atoms with Gasteiger partial charge < -0.3 is 25.0 Å². The van der Waals surface area contributed by atoms with E-state index in [1.165, 1.54) is 0 Å². The lowest BCUT2D eigenvalue weighted by molar-refractivity contribution is 0.0529. The Morgan fingerprint density at radius 3 is 2.75 bits per heavy atom. The highest BCUT2D eigenvalue weighted by Crippen LogP contribution is 2.38. The van der Waals surface area contributed by atoms with Gasteiger partial charge in [-0.05, 0) is 40.5 Å². The molecule has 0 aromatic carbocycles. The van der Waals surface area contributed by atoms with Crippen LogP contribution >= 0.6 is 0 Å². The van der Waals surface area contributed by atoms with E-state index < -0.39 is 11.7 Å². The molecule has 7 heteroatoms. The zero-order chi connectivity index (χ0) is 17.6. The first-order chi connectivity index (χ1) is 11.3. The highest BCUT2D eigenvalue weighted by atomic mass is 16.6. The second-order valence-corrected chi connectivity index (χ2v) is 7.64. The molecular weight excluding hydrogens is 308 g/mol. The van der Waals surface area contributed by atoms with Crippen LogP contribution in [0.25, 0.3) is 0 Å². The summed E-state index contributed by atoms with van der Waals surface area (Å²) in [6, 6.07) is 0. The minimum Gasteiger partial charge on any atom is -0.444 e. The number of ether oxygens (including phenoxy) is 2. The number of guanidine groups is 1. The number of hydrogen-bond acceptors (Lipinski definition) is 4. The van der Waals surface area contributed by atoms with Crippen LogP contribution in [-0.4, -0.2) is 68.5 Å². The van der Waals surface area contributed by atoms with Crippen molar-refractivity contribution in [2.45, 2.75) is 46.1 Å². The second-order valence-electron chi connectivity index (χ2n) is 7.64. The van der Waals surface area contributed by atoms with Crippen molar-refractivity contribution in [2.24, 2.45) is 10.4 Å². The molecule has 2 aliphatic heterocycles. The number of nitrogens with zero attached hydrogens (tertiary/aromatic N) is 2. The molecule has 2 N–H and O–H groups in total. The summed E-state index contributed by atoms with van der Waals surface area (Å²) >= 11 is 0. The van der Waals surface area contributed by atoms with Crippen LogP contribution in [0.3, 0.4) is 0 Å². The van der Waals surface area contributed by atoms with E-state index in [1.54, 1.807) is 0 Å². The van der Waals surface area contributed by atoms with E-state index >= 15 is 0 Å². The van der Waals surface area contributed by atoms with E-state index in [9.17, 15) is 4.79 Å². The van der Waals surface area contributed by atoms with Crippen LogP contribution in [0, 0.1) is 5.41 Å². The van der Waals surface area contributed by atoms with Crippen LogP contribution < -0.4 is 10.6 Å². The Morgan fingerprint density at radius 2 is 2.12 bits per heavy atom. The Hall–Kier alpha value is -1.50. The van der Waals surface area contributed by atoms with Gasteiger partial charge in [0.2, 0.25) is 0 Å². The highest BCUT2D eigenvalue weighted by molar-refractivity contribution is 5.80. The van der Waals surface area contributed by atoms with E-state index in [1.807, 2.05) is 20.8 Å². The molecule has 7 nitrogen and oxygen atoms in total. The van der Waals surface area contributed by atoms with E-state index in [2.05, 4.69) is 27.4 Å². The molecule has 0 bridgehead atoms. The van der Waals surface area contributed by atoms with Crippen molar-refractivity contribution in [3.05, 3.63) is 0 Å². The van der Waals surface area contributed by atoms with Gasteiger partial charge in [-0.2, -0.15) is 0 Å². The number of likely N-dealkylation sites (tertiary alicyclic amines) is 1. The quantitative estimate of drug-likeness (QED) is 0.462. The number of rotatable bonds is 4. The first-order valence-corrected chi connectivity index (χ1v) is 8.91. The van der Waals surface area contributed by atoms with Crippen LogP contribution in [0.4, 0.5) is 4.79 Å². The topological polar surface area (TPSA) is 75.2 Å². The van der Waals surface area contributed by atoms with E-state index in [4.69, 9.17) is 9.47 Å². The van der Waals surface area contributed by atoms with Crippen molar-refractivity contribution in [3.8, 4) is 0 Å². The fourth-order valence-electron chi connectivity index (χ4n) is 3.15. The maximum absolute atomic E-state index is 11.6. The summed E-state index contributed by atoms with van der Waals surface area (Å²) in [5, 5.41) is 6.09. The summed E-state index contributed by atoms with van der Waals surface area (Å²) < 4.78 is 10.8. The SMILES string of the molecule is CCNC(=NCCNC(=O)OC(C)(C)C)N1CCC2(CCOC2)C1. The van der Waals surface area contributed by atoms with Gasteiger partial charge in [-0.3, -0.25) is 4.99 Å². The summed E-state index contributed by atoms with van der Waals surface area (Å²) in [5.41, 5.74) is -0.166. The van der Waals surface area contributed by atoms with Crippen molar-refractivity contribution in [1.82, 2.24) is 15.5 Å². The molecule has 2 saturated heterocycles. The standard InChI is InChI=1S/C17H32N4O3/c1-5-18-14(19-8-9-20-15(22)24-16(2,3)4)21-10-6-17(12-21)7-11-23-13-17/h5-13H2,1-4H3,(H,18,19)(H,20,22). The molecular formula is C17H32N4O3. The molecule has 0 saturated carbocycles. The molecule has 1 unspecified atom stereocenters. The molecule has 1 spiro atoms. The van der Waals surface area contributed by atoms with Crippen molar-refractivity contribution in [1.29, 1.82) is 0 Å². The first kappa shape index (κ1) is 18.8. The lowest BCUT2D eigenvalue weighted by Gasteiger charge is -2.25. The van der Waals surface area contributed by atoms with Gasteiger partial charge in [0, 0.05) is 38.2 Å². The number of amides is 1. The smallest absolute Gasteiger partial charge is 0.407 e. The summed E-state index contributed by atoms with van der Waals surface area (Å²) in [6.07, 6.45) is 1.90. The molecule has 138 valence electrons. The molecule has 1 atom stereocenters. The Morgan fingerprint density at radius 1 is 1.33 bits per heavy atom. The molecule has 1 amide bonds. The lowest BCUT2D eigenvalue weighted by Crippen LogP contribution is -2.42. The number of hydrogen-bond donors (Lipinski definition) is 2. The zero-order valence-electron chi connectivity index (χ0n) is 15.5. The Labute approximate surface area is 145 Å². The normalized spacial score (nSPS) is 24.5. The molecule has 2 heterocycles. The zero-order valence-corrected chi connectivity index (χ0v) is 15.5. The van der Waals surface area contributed by atoms with Crippen LogP contribution in [0.15, 0.2) is 4.99 Å². The van der Waals surface area contributed by atoms with Crippen molar-refractivity contribution in [3.63, 3.8) is 0 Å². The monoisotopic (exact) mass is 340 g/mol. The van der Waals surface area contributed by atoms with Gasteiger partial charge in [0.1, 0.15) is 5.60 Å². The van der Waals surface area contributed by atoms with Gasteiger partial charge in [0.05, 0.1) is 13.2 Å². The van der Waals surface area contributed by atoms with Crippen LogP contribution in [-0.2, 0) is 9.47 Å². The molecule has 0 aliphatic carbocycles. The van der Waals surface area contributed by atoms with Gasteiger partial charge in [0.25, 0.3) is 0 Å². The minimum atomic E-state index is -0.477. The van der Waals surface area contributed by atoms with Crippen LogP contribution in [0.1, 0.15) is 40.5 Å². The Bertz CT molecular complexity index is 453.